The molecule has 1 saturated carbocycles. The Morgan fingerprint density at radius 2 is 2.09 bits per heavy atom. The van der Waals surface area contributed by atoms with Crippen molar-refractivity contribution >= 4 is 40.1 Å². The average Bonchev–Trinajstić information content (AvgIpc) is 3.19. The highest BCUT2D eigenvalue weighted by atomic mass is 35.5. The van der Waals surface area contributed by atoms with E-state index in [4.69, 9.17) is 26.8 Å². The molecule has 35 heavy (non-hydrogen) atoms. The van der Waals surface area contributed by atoms with Gasteiger partial charge in [-0.25, -0.2) is 15.0 Å². The van der Waals surface area contributed by atoms with Gasteiger partial charge in [0.1, 0.15) is 29.4 Å². The number of aryl methyl sites for hydroxylation is 1. The van der Waals surface area contributed by atoms with Gasteiger partial charge in [-0.3, -0.25) is 14.2 Å². The number of anilines is 2. The molecule has 1 atom stereocenters. The van der Waals surface area contributed by atoms with Gasteiger partial charge in [-0.05, 0) is 38.8 Å². The number of benzene rings is 1. The predicted octanol–water partition coefficient (Wildman–Crippen LogP) is 2.99. The number of hydrogen-bond donors (Lipinski definition) is 3. The molecule has 1 aromatic carbocycles. The molecule has 12 nitrogen and oxygen atoms in total. The summed E-state index contributed by atoms with van der Waals surface area (Å²) in [6, 6.07) is 4.17. The largest absolute Gasteiger partial charge is 0.481 e. The second-order valence-electron chi connectivity index (χ2n) is 8.43. The molecule has 1 aliphatic carbocycles. The van der Waals surface area contributed by atoms with Crippen molar-refractivity contribution in [2.24, 2.45) is 5.92 Å². The standard InChI is InChI=1S/C22H21ClN8O4/c1-9(27-18-16(17(24)25-8-26-18)20-28-10(2)30-35-20)19-29-14-5-3-4-13(23)15(14)21(32)31(19)12-6-11(7-12)22(33)34/h3-5,8-9,11-12H,6-7H2,1-2H3,(H,33,34)(H3,24,25,26,27). The molecule has 13 heteroatoms. The minimum absolute atomic E-state index is 0.136. The molecule has 4 N–H and O–H groups in total. The van der Waals surface area contributed by atoms with Crippen LogP contribution in [-0.2, 0) is 4.79 Å². The normalized spacial score (nSPS) is 18.3. The Morgan fingerprint density at radius 3 is 2.77 bits per heavy atom. The van der Waals surface area contributed by atoms with Gasteiger partial charge in [-0.2, -0.15) is 4.98 Å². The van der Waals surface area contributed by atoms with Crippen LogP contribution in [0, 0.1) is 12.8 Å². The summed E-state index contributed by atoms with van der Waals surface area (Å²) in [5.41, 5.74) is 6.52. The highest BCUT2D eigenvalue weighted by Crippen LogP contribution is 2.39. The Balaban J connectivity index is 1.60. The van der Waals surface area contributed by atoms with Crippen molar-refractivity contribution in [3.8, 4) is 11.5 Å². The average molecular weight is 497 g/mol. The van der Waals surface area contributed by atoms with E-state index in [9.17, 15) is 14.7 Å². The first-order valence-corrected chi connectivity index (χ1v) is 11.2. The topological polar surface area (TPSA) is 175 Å². The lowest BCUT2D eigenvalue weighted by molar-refractivity contribution is -0.146. The number of halogens is 1. The number of aromatic nitrogens is 6. The van der Waals surface area contributed by atoms with Crippen LogP contribution in [0.3, 0.4) is 0 Å². The van der Waals surface area contributed by atoms with Gasteiger partial charge in [-0.15, -0.1) is 0 Å². The van der Waals surface area contributed by atoms with Crippen molar-refractivity contribution in [2.45, 2.75) is 38.8 Å². The third-order valence-electron chi connectivity index (χ3n) is 6.09. The van der Waals surface area contributed by atoms with Crippen LogP contribution in [0.5, 0.6) is 0 Å². The van der Waals surface area contributed by atoms with Gasteiger partial charge in [0.25, 0.3) is 11.4 Å². The summed E-state index contributed by atoms with van der Waals surface area (Å²) in [7, 11) is 0. The van der Waals surface area contributed by atoms with E-state index in [2.05, 4.69) is 25.4 Å². The molecule has 3 aromatic heterocycles. The van der Waals surface area contributed by atoms with E-state index in [0.717, 1.165) is 0 Å². The molecule has 1 aliphatic rings. The number of carboxylic acids is 1. The third kappa shape index (κ3) is 3.95. The number of carboxylic acid groups (broad SMARTS) is 1. The lowest BCUT2D eigenvalue weighted by atomic mass is 9.80. The van der Waals surface area contributed by atoms with E-state index in [1.165, 1.54) is 10.9 Å². The van der Waals surface area contributed by atoms with Crippen LogP contribution in [-0.4, -0.2) is 40.7 Å². The van der Waals surface area contributed by atoms with E-state index in [0.29, 0.717) is 41.4 Å². The van der Waals surface area contributed by atoms with Crippen LogP contribution in [0.25, 0.3) is 22.4 Å². The first kappa shape index (κ1) is 22.7. The third-order valence-corrected chi connectivity index (χ3v) is 6.41. The molecule has 1 unspecified atom stereocenters. The summed E-state index contributed by atoms with van der Waals surface area (Å²) >= 11 is 6.33. The quantitative estimate of drug-likeness (QED) is 0.357. The fourth-order valence-electron chi connectivity index (χ4n) is 4.27. The molecule has 0 saturated heterocycles. The summed E-state index contributed by atoms with van der Waals surface area (Å²) in [5.74, 6) is 0.0264. The van der Waals surface area contributed by atoms with Crippen molar-refractivity contribution in [3.05, 3.63) is 51.6 Å². The molecule has 5 rings (SSSR count). The van der Waals surface area contributed by atoms with Crippen LogP contribution < -0.4 is 16.6 Å². The maximum absolute atomic E-state index is 13.6. The summed E-state index contributed by atoms with van der Waals surface area (Å²) in [6.07, 6.45) is 1.93. The highest BCUT2D eigenvalue weighted by Gasteiger charge is 2.38. The number of rotatable bonds is 6. The van der Waals surface area contributed by atoms with Crippen molar-refractivity contribution < 1.29 is 14.4 Å². The fourth-order valence-corrected chi connectivity index (χ4v) is 4.52. The Kier molecular flexibility index (Phi) is 5.59. The van der Waals surface area contributed by atoms with Gasteiger partial charge in [0.05, 0.1) is 27.9 Å². The van der Waals surface area contributed by atoms with E-state index >= 15 is 0 Å². The molecule has 0 spiro atoms. The first-order valence-electron chi connectivity index (χ1n) is 10.9. The van der Waals surface area contributed by atoms with E-state index in [1.807, 2.05) is 6.92 Å². The van der Waals surface area contributed by atoms with Gasteiger partial charge in [0.15, 0.2) is 5.82 Å². The summed E-state index contributed by atoms with van der Waals surface area (Å²) < 4.78 is 6.80. The molecular formula is C22H21ClN8O4. The summed E-state index contributed by atoms with van der Waals surface area (Å²) in [6.45, 7) is 3.48. The molecule has 0 bridgehead atoms. The van der Waals surface area contributed by atoms with Gasteiger partial charge >= 0.3 is 5.97 Å². The number of nitrogen functional groups attached to an aromatic ring is 1. The highest BCUT2D eigenvalue weighted by molar-refractivity contribution is 6.35. The van der Waals surface area contributed by atoms with Crippen molar-refractivity contribution in [2.75, 3.05) is 11.1 Å². The Bertz CT molecular complexity index is 1510. The maximum Gasteiger partial charge on any atom is 0.306 e. The van der Waals surface area contributed by atoms with Crippen LogP contribution in [0.15, 0.2) is 33.8 Å². The van der Waals surface area contributed by atoms with Crippen LogP contribution in [0.1, 0.15) is 43.5 Å². The lowest BCUT2D eigenvalue weighted by Gasteiger charge is -2.36. The predicted molar refractivity (Wildman–Crippen MR) is 127 cm³/mol. The van der Waals surface area contributed by atoms with E-state index in [1.54, 1.807) is 25.1 Å². The molecule has 0 radical (unpaired) electrons. The molecule has 1 fully saturated rings. The van der Waals surface area contributed by atoms with Gasteiger partial charge < -0.3 is 20.7 Å². The van der Waals surface area contributed by atoms with Gasteiger partial charge in [-0.1, -0.05) is 22.8 Å². The minimum Gasteiger partial charge on any atom is -0.481 e. The molecule has 4 aromatic rings. The molecule has 180 valence electrons. The SMILES string of the molecule is Cc1noc(-c2c(N)ncnc2NC(C)c2nc3cccc(Cl)c3c(=O)n2C2CC(C(=O)O)C2)n1. The molecular weight excluding hydrogens is 476 g/mol. The second-order valence-corrected chi connectivity index (χ2v) is 8.84. The zero-order valence-corrected chi connectivity index (χ0v) is 19.5. The number of carbonyl (C=O) groups is 1. The Hall–Kier alpha value is -4.06. The van der Waals surface area contributed by atoms with E-state index in [-0.39, 0.29) is 33.7 Å². The van der Waals surface area contributed by atoms with Gasteiger partial charge in [0, 0.05) is 6.04 Å². The van der Waals surface area contributed by atoms with Crippen molar-refractivity contribution in [1.29, 1.82) is 0 Å². The number of nitrogens with two attached hydrogens (primary N) is 1. The molecule has 0 amide bonds. The molecule has 3 heterocycles. The van der Waals surface area contributed by atoms with Crippen LogP contribution >= 0.6 is 11.6 Å². The fraction of sp³-hybridized carbons (Fsp3) is 0.318. The smallest absolute Gasteiger partial charge is 0.306 e. The number of hydrogen-bond acceptors (Lipinski definition) is 10. The maximum atomic E-state index is 13.6. The van der Waals surface area contributed by atoms with Crippen LogP contribution in [0.4, 0.5) is 11.6 Å². The Morgan fingerprint density at radius 1 is 1.31 bits per heavy atom. The van der Waals surface area contributed by atoms with Crippen molar-refractivity contribution in [1.82, 2.24) is 29.7 Å². The first-order chi connectivity index (χ1) is 16.7. The lowest BCUT2D eigenvalue weighted by Crippen LogP contribution is -2.40. The van der Waals surface area contributed by atoms with Crippen LogP contribution in [0.2, 0.25) is 5.02 Å². The minimum atomic E-state index is -0.884. The van der Waals surface area contributed by atoms with E-state index < -0.39 is 17.9 Å². The zero-order chi connectivity index (χ0) is 24.9. The number of nitrogens with zero attached hydrogens (tertiary/aromatic N) is 6. The second kappa shape index (κ2) is 8.62. The number of nitrogens with one attached hydrogen (secondary N) is 1. The monoisotopic (exact) mass is 496 g/mol. The summed E-state index contributed by atoms with van der Waals surface area (Å²) in [4.78, 5) is 42.2. The van der Waals surface area contributed by atoms with Gasteiger partial charge in [0.2, 0.25) is 0 Å². The number of fused-ring (bicyclic) bond motifs is 1. The van der Waals surface area contributed by atoms with Crippen molar-refractivity contribution in [3.63, 3.8) is 0 Å². The zero-order valence-electron chi connectivity index (χ0n) is 18.8. The Labute approximate surface area is 203 Å². The summed E-state index contributed by atoms with van der Waals surface area (Å²) in [5, 5.41) is 16.9. The number of aliphatic carboxylic acids is 1. The molecule has 0 aliphatic heterocycles.